The highest BCUT2D eigenvalue weighted by atomic mass is 16.5. The largest absolute Gasteiger partial charge is 0.508 e. The van der Waals surface area contributed by atoms with Crippen LogP contribution in [0.25, 0.3) is 0 Å². The van der Waals surface area contributed by atoms with E-state index in [0.717, 1.165) is 54.0 Å². The van der Waals surface area contributed by atoms with E-state index in [2.05, 4.69) is 24.8 Å². The van der Waals surface area contributed by atoms with Crippen LogP contribution in [0.1, 0.15) is 28.6 Å². The quantitative estimate of drug-likeness (QED) is 0.706. The summed E-state index contributed by atoms with van der Waals surface area (Å²) < 4.78 is 5.46. The lowest BCUT2D eigenvalue weighted by atomic mass is 9.91. The van der Waals surface area contributed by atoms with Crippen molar-refractivity contribution in [2.45, 2.75) is 19.4 Å². The van der Waals surface area contributed by atoms with Crippen LogP contribution < -0.4 is 9.80 Å². The zero-order valence-corrected chi connectivity index (χ0v) is 16.4. The zero-order chi connectivity index (χ0) is 19.8. The Bertz CT molecular complexity index is 1010. The van der Waals surface area contributed by atoms with E-state index < -0.39 is 0 Å². The van der Waals surface area contributed by atoms with Crippen molar-refractivity contribution in [1.82, 2.24) is 19.9 Å². The number of nitrogens with zero attached hydrogens (tertiary/aromatic N) is 5. The Morgan fingerprint density at radius 2 is 2.00 bits per heavy atom. The summed E-state index contributed by atoms with van der Waals surface area (Å²) in [5.74, 6) is 1.99. The van der Waals surface area contributed by atoms with Gasteiger partial charge in [0.15, 0.2) is 0 Å². The first-order valence-electron chi connectivity index (χ1n) is 9.92. The molecular weight excluding hydrogens is 368 g/mol. The molecule has 0 radical (unpaired) electrons. The van der Waals surface area contributed by atoms with Gasteiger partial charge in [-0.2, -0.15) is 4.98 Å². The Balaban J connectivity index is 1.49. The van der Waals surface area contributed by atoms with Gasteiger partial charge in [-0.25, -0.2) is 9.97 Å². The molecule has 2 N–H and O–H groups in total. The van der Waals surface area contributed by atoms with Crippen molar-refractivity contribution in [3.05, 3.63) is 59.3 Å². The van der Waals surface area contributed by atoms with Crippen molar-refractivity contribution in [2.75, 3.05) is 42.6 Å². The van der Waals surface area contributed by atoms with Gasteiger partial charge < -0.3 is 24.6 Å². The topological polar surface area (TPSA) is 90.4 Å². The minimum Gasteiger partial charge on any atom is -0.508 e. The second-order valence-corrected chi connectivity index (χ2v) is 7.56. The van der Waals surface area contributed by atoms with E-state index in [1.807, 2.05) is 31.2 Å². The van der Waals surface area contributed by atoms with Crippen LogP contribution in [0.3, 0.4) is 0 Å². The number of benzene rings is 1. The van der Waals surface area contributed by atoms with E-state index >= 15 is 0 Å². The summed E-state index contributed by atoms with van der Waals surface area (Å²) in [7, 11) is 0. The van der Waals surface area contributed by atoms with Crippen LogP contribution >= 0.6 is 0 Å². The lowest BCUT2D eigenvalue weighted by Crippen LogP contribution is -2.38. The highest BCUT2D eigenvalue weighted by Gasteiger charge is 2.30. The Labute approximate surface area is 169 Å². The normalized spacial score (nSPS) is 19.3. The van der Waals surface area contributed by atoms with Crippen molar-refractivity contribution < 1.29 is 9.84 Å². The number of nitrogens with one attached hydrogen (secondary N) is 1. The predicted octanol–water partition coefficient (Wildman–Crippen LogP) is 2.20. The van der Waals surface area contributed by atoms with E-state index in [9.17, 15) is 5.11 Å². The van der Waals surface area contributed by atoms with Crippen LogP contribution in [0.4, 0.5) is 11.8 Å². The van der Waals surface area contributed by atoms with Gasteiger partial charge in [-0.15, -0.1) is 0 Å². The molecule has 1 unspecified atom stereocenters. The van der Waals surface area contributed by atoms with E-state index in [4.69, 9.17) is 9.72 Å². The number of aryl methyl sites for hydroxylation is 1. The molecule has 2 aliphatic rings. The Kier molecular flexibility index (Phi) is 4.55. The molecule has 0 aliphatic carbocycles. The van der Waals surface area contributed by atoms with E-state index in [1.165, 1.54) is 0 Å². The maximum atomic E-state index is 9.96. The number of phenolic OH excluding ortho intramolecular Hbond substituents is 1. The maximum Gasteiger partial charge on any atom is 0.227 e. The fraction of sp³-hybridized carbons (Fsp3) is 0.381. The number of morpholine rings is 1. The Morgan fingerprint density at radius 3 is 2.83 bits per heavy atom. The van der Waals surface area contributed by atoms with Gasteiger partial charge >= 0.3 is 0 Å². The molecule has 1 saturated heterocycles. The molecule has 0 bridgehead atoms. The monoisotopic (exact) mass is 392 g/mol. The van der Waals surface area contributed by atoms with Gasteiger partial charge in [-0.3, -0.25) is 0 Å². The first-order valence-corrected chi connectivity index (χ1v) is 9.92. The number of aromatic nitrogens is 4. The van der Waals surface area contributed by atoms with Crippen molar-refractivity contribution in [1.29, 1.82) is 0 Å². The van der Waals surface area contributed by atoms with Gasteiger partial charge in [0, 0.05) is 37.3 Å². The molecule has 1 fully saturated rings. The predicted molar refractivity (Wildman–Crippen MR) is 109 cm³/mol. The molecule has 1 aromatic carbocycles. The zero-order valence-electron chi connectivity index (χ0n) is 16.4. The third-order valence-corrected chi connectivity index (χ3v) is 5.55. The van der Waals surface area contributed by atoms with Crippen LogP contribution in [0.2, 0.25) is 0 Å². The first-order chi connectivity index (χ1) is 14.2. The number of fused-ring (bicyclic) bond motifs is 1. The molecule has 0 spiro atoms. The van der Waals surface area contributed by atoms with Crippen LogP contribution in [0.15, 0.2) is 36.7 Å². The summed E-state index contributed by atoms with van der Waals surface area (Å²) >= 11 is 0. The van der Waals surface area contributed by atoms with Crippen molar-refractivity contribution in [3.8, 4) is 5.75 Å². The molecule has 0 saturated carbocycles. The number of hydrogen-bond acceptors (Lipinski definition) is 7. The third-order valence-electron chi connectivity index (χ3n) is 5.55. The summed E-state index contributed by atoms with van der Waals surface area (Å²) in [6, 6.07) is 9.46. The highest BCUT2D eigenvalue weighted by molar-refractivity contribution is 5.50. The molecule has 8 nitrogen and oxygen atoms in total. The van der Waals surface area contributed by atoms with Crippen molar-refractivity contribution >= 4 is 11.8 Å². The molecule has 8 heteroatoms. The highest BCUT2D eigenvalue weighted by Crippen LogP contribution is 2.35. The molecule has 2 aliphatic heterocycles. The summed E-state index contributed by atoms with van der Waals surface area (Å²) in [6.45, 7) is 6.47. The standard InChI is InChI=1S/C21H24N6O2/c1-14-9-19(25-21(24-14)26-5-7-29-8-6-26)27-11-17(15-3-2-4-16(28)10-15)20-18(12-27)22-13-23-20/h2-4,9-10,13,17,28H,5-8,11-12H2,1H3,(H,22,23). The minimum atomic E-state index is 0.0548. The average Bonchev–Trinajstić information content (AvgIpc) is 3.22. The fourth-order valence-corrected chi connectivity index (χ4v) is 4.10. The molecule has 5 rings (SSSR count). The Morgan fingerprint density at radius 1 is 1.14 bits per heavy atom. The molecule has 2 aromatic heterocycles. The average molecular weight is 392 g/mol. The van der Waals surface area contributed by atoms with Crippen LogP contribution in [-0.4, -0.2) is 57.9 Å². The summed E-state index contributed by atoms with van der Waals surface area (Å²) in [6.07, 6.45) is 1.74. The Hall–Kier alpha value is -3.13. The molecule has 3 aromatic rings. The fourth-order valence-electron chi connectivity index (χ4n) is 4.10. The second-order valence-electron chi connectivity index (χ2n) is 7.56. The van der Waals surface area contributed by atoms with Gasteiger partial charge in [0.05, 0.1) is 37.5 Å². The maximum absolute atomic E-state index is 9.96. The molecule has 1 atom stereocenters. The third kappa shape index (κ3) is 3.51. The number of anilines is 2. The minimum absolute atomic E-state index is 0.0548. The smallest absolute Gasteiger partial charge is 0.227 e. The van der Waals surface area contributed by atoms with Gasteiger partial charge in [0.25, 0.3) is 0 Å². The SMILES string of the molecule is Cc1cc(N2Cc3[nH]cnc3C(c3cccc(O)c3)C2)nc(N2CCOCC2)n1. The van der Waals surface area contributed by atoms with Gasteiger partial charge in [-0.1, -0.05) is 12.1 Å². The van der Waals surface area contributed by atoms with Crippen molar-refractivity contribution in [3.63, 3.8) is 0 Å². The van der Waals surface area contributed by atoms with Gasteiger partial charge in [-0.05, 0) is 24.6 Å². The number of rotatable bonds is 3. The second kappa shape index (κ2) is 7.36. The van der Waals surface area contributed by atoms with Crippen LogP contribution in [0.5, 0.6) is 5.75 Å². The van der Waals surface area contributed by atoms with Crippen LogP contribution in [-0.2, 0) is 11.3 Å². The lowest BCUT2D eigenvalue weighted by Gasteiger charge is -2.34. The summed E-state index contributed by atoms with van der Waals surface area (Å²) in [4.78, 5) is 21.8. The number of phenols is 1. The van der Waals surface area contributed by atoms with E-state index in [-0.39, 0.29) is 11.7 Å². The number of aromatic amines is 1. The number of ether oxygens (including phenoxy) is 1. The van der Waals surface area contributed by atoms with E-state index in [0.29, 0.717) is 19.8 Å². The van der Waals surface area contributed by atoms with Crippen LogP contribution in [0, 0.1) is 6.92 Å². The summed E-state index contributed by atoms with van der Waals surface area (Å²) in [5.41, 5.74) is 4.10. The lowest BCUT2D eigenvalue weighted by molar-refractivity contribution is 0.122. The summed E-state index contributed by atoms with van der Waals surface area (Å²) in [5, 5.41) is 9.96. The number of imidazole rings is 1. The first kappa shape index (κ1) is 17.9. The van der Waals surface area contributed by atoms with Gasteiger partial charge in [0.1, 0.15) is 11.6 Å². The van der Waals surface area contributed by atoms with Gasteiger partial charge in [0.2, 0.25) is 5.95 Å². The molecule has 0 amide bonds. The van der Waals surface area contributed by atoms with Crippen molar-refractivity contribution in [2.24, 2.45) is 0 Å². The van der Waals surface area contributed by atoms with E-state index in [1.54, 1.807) is 12.4 Å². The molecular formula is C21H24N6O2. The molecule has 4 heterocycles. The number of hydrogen-bond donors (Lipinski definition) is 2. The molecule has 150 valence electrons. The number of aromatic hydroxyl groups is 1. The molecule has 29 heavy (non-hydrogen) atoms. The number of H-pyrrole nitrogens is 1.